The second kappa shape index (κ2) is 8.53. The van der Waals surface area contributed by atoms with E-state index in [-0.39, 0.29) is 17.2 Å². The number of carbonyl (C=O) groups is 1. The van der Waals surface area contributed by atoms with Gasteiger partial charge in [-0.2, -0.15) is 0 Å². The Bertz CT molecular complexity index is 1120. The molecule has 1 atom stereocenters. The van der Waals surface area contributed by atoms with E-state index in [1.807, 2.05) is 31.2 Å². The lowest BCUT2D eigenvalue weighted by molar-refractivity contribution is 0.0935. The first-order valence-electron chi connectivity index (χ1n) is 9.74. The minimum absolute atomic E-state index is 0.201. The number of pyridine rings is 1. The minimum atomic E-state index is -3.35. The van der Waals surface area contributed by atoms with E-state index < -0.39 is 10.0 Å². The molecule has 2 N–H and O–H groups in total. The molecule has 0 saturated heterocycles. The summed E-state index contributed by atoms with van der Waals surface area (Å²) in [5.41, 5.74) is 3.17. The molecule has 1 amide bonds. The standard InChI is InChI=1S/C21H22N4O3S2/c1-2-18(19-13-29-21(24-19)25-30(27,28)17-9-10-17)23-20(26)15-7-5-14(6-8-15)16-4-3-11-22-12-16/h3-8,11-13,17-18H,2,9-10H2,1H3,(H,23,26)(H,24,25). The number of thiazole rings is 1. The number of hydrogen-bond donors (Lipinski definition) is 2. The molecule has 1 fully saturated rings. The second-order valence-corrected chi connectivity index (χ2v) is 10.00. The van der Waals surface area contributed by atoms with Gasteiger partial charge in [-0.25, -0.2) is 13.4 Å². The molecule has 9 heteroatoms. The monoisotopic (exact) mass is 442 g/mol. The summed E-state index contributed by atoms with van der Waals surface area (Å²) >= 11 is 1.23. The molecule has 30 heavy (non-hydrogen) atoms. The predicted octanol–water partition coefficient (Wildman–Crippen LogP) is 3.99. The Morgan fingerprint density at radius 1 is 1.20 bits per heavy atom. The minimum Gasteiger partial charge on any atom is -0.344 e. The Hall–Kier alpha value is -2.78. The molecule has 1 aliphatic rings. The fourth-order valence-corrected chi connectivity index (χ4v) is 5.41. The number of sulfonamides is 1. The van der Waals surface area contributed by atoms with E-state index in [1.165, 1.54) is 11.3 Å². The van der Waals surface area contributed by atoms with Gasteiger partial charge < -0.3 is 5.32 Å². The van der Waals surface area contributed by atoms with Crippen LogP contribution in [0, 0.1) is 0 Å². The third-order valence-corrected chi connectivity index (χ3v) is 7.66. The van der Waals surface area contributed by atoms with Gasteiger partial charge in [-0.15, -0.1) is 11.3 Å². The Labute approximate surface area is 179 Å². The van der Waals surface area contributed by atoms with Crippen LogP contribution in [-0.4, -0.2) is 29.5 Å². The summed E-state index contributed by atoms with van der Waals surface area (Å²) in [5.74, 6) is -0.201. The molecular formula is C21H22N4O3S2. The van der Waals surface area contributed by atoms with Crippen LogP contribution in [0.2, 0.25) is 0 Å². The van der Waals surface area contributed by atoms with Gasteiger partial charge in [0.15, 0.2) is 5.13 Å². The van der Waals surface area contributed by atoms with E-state index in [1.54, 1.807) is 29.9 Å². The van der Waals surface area contributed by atoms with Crippen molar-refractivity contribution in [3.05, 3.63) is 65.4 Å². The number of anilines is 1. The van der Waals surface area contributed by atoms with E-state index in [2.05, 4.69) is 20.0 Å². The highest BCUT2D eigenvalue weighted by Gasteiger charge is 2.36. The molecule has 0 spiro atoms. The van der Waals surface area contributed by atoms with Crippen molar-refractivity contribution >= 4 is 32.4 Å². The van der Waals surface area contributed by atoms with Crippen LogP contribution in [0.3, 0.4) is 0 Å². The van der Waals surface area contributed by atoms with Crippen LogP contribution in [0.4, 0.5) is 5.13 Å². The molecule has 1 aromatic carbocycles. The summed E-state index contributed by atoms with van der Waals surface area (Å²) in [4.78, 5) is 21.2. The number of nitrogens with one attached hydrogen (secondary N) is 2. The molecule has 1 saturated carbocycles. The summed E-state index contributed by atoms with van der Waals surface area (Å²) in [6, 6.07) is 10.9. The molecule has 0 radical (unpaired) electrons. The van der Waals surface area contributed by atoms with Crippen molar-refractivity contribution in [1.29, 1.82) is 0 Å². The molecule has 2 heterocycles. The number of aromatic nitrogens is 2. The van der Waals surface area contributed by atoms with Crippen LogP contribution in [0.1, 0.15) is 48.3 Å². The van der Waals surface area contributed by atoms with Crippen LogP contribution < -0.4 is 10.0 Å². The lowest BCUT2D eigenvalue weighted by Crippen LogP contribution is -2.28. The highest BCUT2D eigenvalue weighted by atomic mass is 32.2. The zero-order chi connectivity index (χ0) is 21.1. The van der Waals surface area contributed by atoms with Crippen LogP contribution in [0.5, 0.6) is 0 Å². The molecule has 0 bridgehead atoms. The van der Waals surface area contributed by atoms with Gasteiger partial charge in [0.25, 0.3) is 5.91 Å². The molecular weight excluding hydrogens is 420 g/mol. The average molecular weight is 443 g/mol. The van der Waals surface area contributed by atoms with E-state index in [4.69, 9.17) is 0 Å². The molecule has 0 aliphatic heterocycles. The van der Waals surface area contributed by atoms with Crippen molar-refractivity contribution in [2.75, 3.05) is 4.72 Å². The zero-order valence-electron chi connectivity index (χ0n) is 16.4. The summed E-state index contributed by atoms with van der Waals surface area (Å²) in [6.45, 7) is 1.95. The van der Waals surface area contributed by atoms with Crippen molar-refractivity contribution in [3.63, 3.8) is 0 Å². The van der Waals surface area contributed by atoms with Gasteiger partial charge in [-0.1, -0.05) is 25.1 Å². The maximum absolute atomic E-state index is 12.7. The largest absolute Gasteiger partial charge is 0.344 e. The number of nitrogens with zero attached hydrogens (tertiary/aromatic N) is 2. The zero-order valence-corrected chi connectivity index (χ0v) is 18.0. The SMILES string of the molecule is CCC(NC(=O)c1ccc(-c2cccnc2)cc1)c1csc(NS(=O)(=O)C2CC2)n1. The smallest absolute Gasteiger partial charge is 0.251 e. The number of hydrogen-bond acceptors (Lipinski definition) is 6. The number of amides is 1. The van der Waals surface area contributed by atoms with Gasteiger partial charge in [-0.3, -0.25) is 14.5 Å². The molecule has 2 aromatic heterocycles. The summed E-state index contributed by atoms with van der Waals surface area (Å²) in [5, 5.41) is 4.80. The maximum Gasteiger partial charge on any atom is 0.251 e. The lowest BCUT2D eigenvalue weighted by atomic mass is 10.0. The number of carbonyl (C=O) groups excluding carboxylic acids is 1. The predicted molar refractivity (Wildman–Crippen MR) is 118 cm³/mol. The summed E-state index contributed by atoms with van der Waals surface area (Å²) in [6.07, 6.45) is 5.52. The number of benzene rings is 1. The third kappa shape index (κ3) is 4.68. The highest BCUT2D eigenvalue weighted by molar-refractivity contribution is 7.93. The van der Waals surface area contributed by atoms with Crippen LogP contribution in [0.25, 0.3) is 11.1 Å². The quantitative estimate of drug-likeness (QED) is 0.549. The number of rotatable bonds is 8. The topological polar surface area (TPSA) is 101 Å². The van der Waals surface area contributed by atoms with Crippen molar-refractivity contribution in [2.45, 2.75) is 37.5 Å². The van der Waals surface area contributed by atoms with Crippen LogP contribution >= 0.6 is 11.3 Å². The summed E-state index contributed by atoms with van der Waals surface area (Å²) < 4.78 is 26.7. The fraction of sp³-hybridized carbons (Fsp3) is 0.286. The van der Waals surface area contributed by atoms with E-state index >= 15 is 0 Å². The maximum atomic E-state index is 12.7. The van der Waals surface area contributed by atoms with Crippen molar-refractivity contribution in [2.24, 2.45) is 0 Å². The molecule has 7 nitrogen and oxygen atoms in total. The Balaban J connectivity index is 1.43. The Kier molecular flexibility index (Phi) is 5.83. The third-order valence-electron chi connectivity index (χ3n) is 4.93. The first-order chi connectivity index (χ1) is 14.5. The highest BCUT2D eigenvalue weighted by Crippen LogP contribution is 2.31. The van der Waals surface area contributed by atoms with Gasteiger partial charge in [0.05, 0.1) is 17.0 Å². The molecule has 156 valence electrons. The normalized spacial score (nSPS) is 14.8. The van der Waals surface area contributed by atoms with E-state index in [9.17, 15) is 13.2 Å². The fourth-order valence-electron chi connectivity index (χ4n) is 3.05. The van der Waals surface area contributed by atoms with Crippen molar-refractivity contribution in [3.8, 4) is 11.1 Å². The van der Waals surface area contributed by atoms with E-state index in [0.717, 1.165) is 11.1 Å². The van der Waals surface area contributed by atoms with Crippen molar-refractivity contribution in [1.82, 2.24) is 15.3 Å². The van der Waals surface area contributed by atoms with E-state index in [0.29, 0.717) is 35.7 Å². The molecule has 1 aliphatic carbocycles. The van der Waals surface area contributed by atoms with Crippen molar-refractivity contribution < 1.29 is 13.2 Å². The van der Waals surface area contributed by atoms with Gasteiger partial charge >= 0.3 is 0 Å². The molecule has 3 aromatic rings. The van der Waals surface area contributed by atoms with Gasteiger partial charge in [0.2, 0.25) is 10.0 Å². The first kappa shape index (κ1) is 20.5. The van der Waals surface area contributed by atoms with Gasteiger partial charge in [0, 0.05) is 23.3 Å². The van der Waals surface area contributed by atoms with Crippen LogP contribution in [-0.2, 0) is 10.0 Å². The lowest BCUT2D eigenvalue weighted by Gasteiger charge is -2.15. The van der Waals surface area contributed by atoms with Crippen LogP contribution in [0.15, 0.2) is 54.2 Å². The Morgan fingerprint density at radius 3 is 2.60 bits per heavy atom. The Morgan fingerprint density at radius 2 is 1.97 bits per heavy atom. The second-order valence-electron chi connectivity index (χ2n) is 7.18. The van der Waals surface area contributed by atoms with Gasteiger partial charge in [0.1, 0.15) is 0 Å². The first-order valence-corrected chi connectivity index (χ1v) is 12.2. The van der Waals surface area contributed by atoms with Gasteiger partial charge in [-0.05, 0) is 48.6 Å². The average Bonchev–Trinajstić information content (AvgIpc) is 3.54. The molecule has 4 rings (SSSR count). The molecule has 1 unspecified atom stereocenters. The summed E-state index contributed by atoms with van der Waals surface area (Å²) in [7, 11) is -3.35.